The van der Waals surface area contributed by atoms with Crippen LogP contribution < -0.4 is 9.62 Å². The van der Waals surface area contributed by atoms with E-state index in [9.17, 15) is 18.0 Å². The van der Waals surface area contributed by atoms with Gasteiger partial charge in [0.25, 0.3) is 10.0 Å². The molecule has 4 aromatic carbocycles. The van der Waals surface area contributed by atoms with Crippen molar-refractivity contribution in [3.63, 3.8) is 0 Å². The molecule has 4 rings (SSSR count). The Hall–Kier alpha value is -4.14. The van der Waals surface area contributed by atoms with Crippen LogP contribution in [0, 0.1) is 6.92 Å². The number of rotatable bonds is 11. The minimum Gasteiger partial charge on any atom is -0.350 e. The summed E-state index contributed by atoms with van der Waals surface area (Å²) in [5.41, 5.74) is 2.19. The third-order valence-corrected chi connectivity index (χ3v) is 8.93. The Morgan fingerprint density at radius 1 is 0.818 bits per heavy atom. The highest BCUT2D eigenvalue weighted by molar-refractivity contribution is 7.92. The number of nitrogens with one attached hydrogen (secondary N) is 1. The van der Waals surface area contributed by atoms with E-state index in [1.807, 2.05) is 70.2 Å². The lowest BCUT2D eigenvalue weighted by atomic mass is 10.0. The van der Waals surface area contributed by atoms with Crippen LogP contribution in [0.1, 0.15) is 37.5 Å². The molecule has 7 nitrogen and oxygen atoms in total. The SMILES string of the molecule is Cc1cccc(N(CC(=O)N(Cc2cccc(Cl)c2)[C@H](Cc2ccccc2)C(=O)NC(C)(C)C)S(=O)(=O)c2ccccc2)c1. The number of halogens is 1. The molecular formula is C35H38ClN3O4S. The summed E-state index contributed by atoms with van der Waals surface area (Å²) in [4.78, 5) is 29.9. The van der Waals surface area contributed by atoms with Gasteiger partial charge in [-0.2, -0.15) is 0 Å². The van der Waals surface area contributed by atoms with Crippen LogP contribution in [-0.4, -0.2) is 43.3 Å². The van der Waals surface area contributed by atoms with Gasteiger partial charge < -0.3 is 10.2 Å². The van der Waals surface area contributed by atoms with Gasteiger partial charge in [0.15, 0.2) is 0 Å². The maximum Gasteiger partial charge on any atom is 0.264 e. The van der Waals surface area contributed by atoms with Gasteiger partial charge in [-0.1, -0.05) is 84.4 Å². The van der Waals surface area contributed by atoms with E-state index in [1.165, 1.54) is 17.0 Å². The maximum atomic E-state index is 14.5. The molecule has 230 valence electrons. The van der Waals surface area contributed by atoms with Gasteiger partial charge in [0.05, 0.1) is 10.6 Å². The lowest BCUT2D eigenvalue weighted by molar-refractivity contribution is -0.140. The molecule has 0 aromatic heterocycles. The fraction of sp³-hybridized carbons (Fsp3) is 0.257. The standard InChI is InChI=1S/C35H38ClN3O4S/c1-26-13-11-18-30(21-26)39(44(42,43)31-19-9-6-10-20-31)25-33(40)38(24-28-16-12-17-29(36)22-28)32(34(41)37-35(2,3)4)23-27-14-7-5-8-15-27/h5-22,32H,23-25H2,1-4H3,(H,37,41)/t32-/m1/s1. The fourth-order valence-corrected chi connectivity index (χ4v) is 6.51. The third-order valence-electron chi connectivity index (χ3n) is 6.91. The van der Waals surface area contributed by atoms with Crippen molar-refractivity contribution in [2.45, 2.75) is 57.1 Å². The molecule has 0 saturated heterocycles. The minimum absolute atomic E-state index is 0.0432. The zero-order chi connectivity index (χ0) is 31.9. The molecular weight excluding hydrogens is 594 g/mol. The van der Waals surface area contributed by atoms with Crippen molar-refractivity contribution >= 4 is 39.1 Å². The number of nitrogens with zero attached hydrogens (tertiary/aromatic N) is 2. The highest BCUT2D eigenvalue weighted by atomic mass is 35.5. The zero-order valence-corrected chi connectivity index (χ0v) is 27.0. The Labute approximate surface area is 265 Å². The summed E-state index contributed by atoms with van der Waals surface area (Å²) in [6, 6.07) is 30.6. The molecule has 4 aromatic rings. The molecule has 0 fully saturated rings. The topological polar surface area (TPSA) is 86.8 Å². The average molecular weight is 632 g/mol. The summed E-state index contributed by atoms with van der Waals surface area (Å²) in [6.07, 6.45) is 0.227. The number of carbonyl (C=O) groups is 2. The van der Waals surface area contributed by atoms with Crippen LogP contribution in [0.3, 0.4) is 0 Å². The number of benzene rings is 4. The lowest BCUT2D eigenvalue weighted by Crippen LogP contribution is -2.56. The molecule has 0 radical (unpaired) electrons. The third kappa shape index (κ3) is 8.71. The van der Waals surface area contributed by atoms with Gasteiger partial charge in [0.1, 0.15) is 12.6 Å². The molecule has 0 aliphatic rings. The molecule has 0 saturated carbocycles. The molecule has 2 amide bonds. The Morgan fingerprint density at radius 2 is 1.43 bits per heavy atom. The van der Waals surface area contributed by atoms with Gasteiger partial charge in [-0.25, -0.2) is 8.42 Å². The second kappa shape index (κ2) is 14.1. The summed E-state index contributed by atoms with van der Waals surface area (Å²) in [7, 11) is -4.15. The Morgan fingerprint density at radius 3 is 2.05 bits per heavy atom. The Balaban J connectivity index is 1.82. The van der Waals surface area contributed by atoms with Crippen molar-refractivity contribution in [3.05, 3.63) is 131 Å². The van der Waals surface area contributed by atoms with Crippen LogP contribution in [0.2, 0.25) is 5.02 Å². The molecule has 44 heavy (non-hydrogen) atoms. The van der Waals surface area contributed by atoms with Crippen molar-refractivity contribution in [1.82, 2.24) is 10.2 Å². The number of hydrogen-bond donors (Lipinski definition) is 1. The number of carbonyl (C=O) groups excluding carboxylic acids is 2. The first-order valence-electron chi connectivity index (χ1n) is 14.4. The van der Waals surface area contributed by atoms with Crippen LogP contribution in [-0.2, 0) is 32.6 Å². The van der Waals surface area contributed by atoms with Gasteiger partial charge in [-0.3, -0.25) is 13.9 Å². The smallest absolute Gasteiger partial charge is 0.264 e. The van der Waals surface area contributed by atoms with E-state index >= 15 is 0 Å². The molecule has 0 unspecified atom stereocenters. The van der Waals surface area contributed by atoms with Gasteiger partial charge in [-0.15, -0.1) is 0 Å². The number of amides is 2. The van der Waals surface area contributed by atoms with Gasteiger partial charge in [0, 0.05) is 23.5 Å². The first kappa shape index (κ1) is 32.8. The number of sulfonamides is 1. The van der Waals surface area contributed by atoms with E-state index in [-0.39, 0.29) is 23.8 Å². The molecule has 0 aliphatic heterocycles. The molecule has 1 N–H and O–H groups in total. The van der Waals surface area contributed by atoms with Gasteiger partial charge in [0.2, 0.25) is 11.8 Å². The fourth-order valence-electron chi connectivity index (χ4n) is 4.87. The summed E-state index contributed by atoms with van der Waals surface area (Å²) in [5.74, 6) is -0.874. The van der Waals surface area contributed by atoms with Crippen LogP contribution in [0.15, 0.2) is 114 Å². The first-order chi connectivity index (χ1) is 20.8. The number of anilines is 1. The number of aryl methyl sites for hydroxylation is 1. The number of hydrogen-bond acceptors (Lipinski definition) is 4. The van der Waals surface area contributed by atoms with E-state index in [4.69, 9.17) is 11.6 Å². The predicted molar refractivity (Wildman–Crippen MR) is 176 cm³/mol. The van der Waals surface area contributed by atoms with Crippen LogP contribution in [0.5, 0.6) is 0 Å². The van der Waals surface area contributed by atoms with E-state index in [0.29, 0.717) is 16.3 Å². The van der Waals surface area contributed by atoms with Gasteiger partial charge in [-0.05, 0) is 80.8 Å². The van der Waals surface area contributed by atoms with Crippen LogP contribution in [0.25, 0.3) is 0 Å². The van der Waals surface area contributed by atoms with E-state index in [2.05, 4.69) is 5.32 Å². The highest BCUT2D eigenvalue weighted by Crippen LogP contribution is 2.26. The molecule has 0 aliphatic carbocycles. The van der Waals surface area contributed by atoms with Crippen LogP contribution in [0.4, 0.5) is 5.69 Å². The minimum atomic E-state index is -4.15. The second-order valence-electron chi connectivity index (χ2n) is 11.8. The summed E-state index contributed by atoms with van der Waals surface area (Å²) >= 11 is 6.30. The highest BCUT2D eigenvalue weighted by Gasteiger charge is 2.35. The normalized spacial score (nSPS) is 12.3. The van der Waals surface area contributed by atoms with Gasteiger partial charge >= 0.3 is 0 Å². The summed E-state index contributed by atoms with van der Waals surface area (Å²) in [6.45, 7) is 7.01. The van der Waals surface area contributed by atoms with Crippen molar-refractivity contribution in [2.75, 3.05) is 10.8 Å². The lowest BCUT2D eigenvalue weighted by Gasteiger charge is -2.35. The van der Waals surface area contributed by atoms with E-state index in [1.54, 1.807) is 54.6 Å². The quantitative estimate of drug-likeness (QED) is 0.208. The average Bonchev–Trinajstić information content (AvgIpc) is 2.97. The molecule has 0 spiro atoms. The monoisotopic (exact) mass is 631 g/mol. The summed E-state index contributed by atoms with van der Waals surface area (Å²) < 4.78 is 29.2. The van der Waals surface area contributed by atoms with Crippen molar-refractivity contribution < 1.29 is 18.0 Å². The summed E-state index contributed by atoms with van der Waals surface area (Å²) in [5, 5.41) is 3.52. The maximum absolute atomic E-state index is 14.5. The van der Waals surface area contributed by atoms with E-state index < -0.39 is 34.1 Å². The van der Waals surface area contributed by atoms with Crippen LogP contribution >= 0.6 is 11.6 Å². The first-order valence-corrected chi connectivity index (χ1v) is 16.2. The van der Waals surface area contributed by atoms with Crippen molar-refractivity contribution in [1.29, 1.82) is 0 Å². The predicted octanol–water partition coefficient (Wildman–Crippen LogP) is 6.40. The second-order valence-corrected chi connectivity index (χ2v) is 14.1. The largest absolute Gasteiger partial charge is 0.350 e. The molecule has 0 bridgehead atoms. The Bertz CT molecular complexity index is 1690. The molecule has 9 heteroatoms. The van der Waals surface area contributed by atoms with Crippen molar-refractivity contribution in [2.24, 2.45) is 0 Å². The van der Waals surface area contributed by atoms with Crippen molar-refractivity contribution in [3.8, 4) is 0 Å². The van der Waals surface area contributed by atoms with E-state index in [0.717, 1.165) is 15.4 Å². The molecule has 0 heterocycles. The Kier molecular flexibility index (Phi) is 10.5. The zero-order valence-electron chi connectivity index (χ0n) is 25.4. The molecule has 1 atom stereocenters.